The number of halogens is 1. The van der Waals surface area contributed by atoms with Crippen LogP contribution in [-0.4, -0.2) is 29.2 Å². The predicted molar refractivity (Wildman–Crippen MR) is 119 cm³/mol. The van der Waals surface area contributed by atoms with Gasteiger partial charge in [-0.1, -0.05) is 6.07 Å². The van der Waals surface area contributed by atoms with Crippen molar-refractivity contribution in [1.82, 2.24) is 4.98 Å². The summed E-state index contributed by atoms with van der Waals surface area (Å²) in [6.07, 6.45) is 3.07. The van der Waals surface area contributed by atoms with Crippen LogP contribution in [0.4, 0.5) is 10.1 Å². The van der Waals surface area contributed by atoms with Gasteiger partial charge in [-0.3, -0.25) is 4.79 Å². The second-order valence-corrected chi connectivity index (χ2v) is 7.98. The first kappa shape index (κ1) is 22.3. The lowest BCUT2D eigenvalue weighted by molar-refractivity contribution is -0.136. The Kier molecular flexibility index (Phi) is 6.59. The fraction of sp³-hybridized carbons (Fsp3) is 0.320. The molecule has 2 aromatic carbocycles. The normalized spacial score (nSPS) is 12.8. The molecule has 7 nitrogen and oxygen atoms in total. The van der Waals surface area contributed by atoms with Crippen molar-refractivity contribution in [2.24, 2.45) is 0 Å². The van der Waals surface area contributed by atoms with Crippen molar-refractivity contribution in [1.29, 1.82) is 5.26 Å². The molecule has 170 valence electrons. The van der Waals surface area contributed by atoms with Crippen LogP contribution in [0.2, 0.25) is 0 Å². The molecule has 0 fully saturated rings. The van der Waals surface area contributed by atoms with E-state index >= 15 is 0 Å². The van der Waals surface area contributed by atoms with Gasteiger partial charge in [0.15, 0.2) is 6.39 Å². The summed E-state index contributed by atoms with van der Waals surface area (Å²) in [4.78, 5) is 17.3. The largest absolute Gasteiger partial charge is 0.493 e. The fourth-order valence-electron chi connectivity index (χ4n) is 4.18. The molecule has 0 spiro atoms. The summed E-state index contributed by atoms with van der Waals surface area (Å²) >= 11 is 0. The van der Waals surface area contributed by atoms with Crippen LogP contribution in [0.25, 0.3) is 0 Å². The van der Waals surface area contributed by atoms with E-state index < -0.39 is 11.8 Å². The van der Waals surface area contributed by atoms with Crippen LogP contribution >= 0.6 is 0 Å². The third-order valence-corrected chi connectivity index (χ3v) is 5.93. The Morgan fingerprint density at radius 1 is 1.30 bits per heavy atom. The van der Waals surface area contributed by atoms with Crippen molar-refractivity contribution in [3.8, 4) is 11.8 Å². The van der Waals surface area contributed by atoms with Crippen LogP contribution < -0.4 is 9.64 Å². The second kappa shape index (κ2) is 9.74. The lowest BCUT2D eigenvalue weighted by Crippen LogP contribution is -2.32. The minimum atomic E-state index is -0.863. The molecule has 0 saturated carbocycles. The first-order chi connectivity index (χ1) is 16.0. The molecule has 0 radical (unpaired) electrons. The summed E-state index contributed by atoms with van der Waals surface area (Å²) < 4.78 is 26.0. The molecule has 3 aromatic rings. The number of carbonyl (C=O) groups is 1. The molecule has 1 aromatic heterocycles. The van der Waals surface area contributed by atoms with Gasteiger partial charge >= 0.3 is 5.97 Å². The van der Waals surface area contributed by atoms with Crippen molar-refractivity contribution < 1.29 is 23.4 Å². The van der Waals surface area contributed by atoms with Gasteiger partial charge in [-0.2, -0.15) is 5.26 Å². The molecule has 4 rings (SSSR count). The number of oxazole rings is 1. The third kappa shape index (κ3) is 4.98. The number of hydrogen-bond acceptors (Lipinski definition) is 6. The van der Waals surface area contributed by atoms with Gasteiger partial charge in [-0.05, 0) is 55.2 Å². The average molecular weight is 449 g/mol. The standard InChI is InChI=1S/C25H24FN3O4/c1-16-22(28-15-33-16)9-11-32-24-6-3-18(4-7-25(30)31)20-14-29(10-8-19(20)24)23-5-2-17(13-27)12-21(23)26/h2-3,5-6,12,15H,4,7-11,14H2,1H3,(H,30,31). The van der Waals surface area contributed by atoms with E-state index in [-0.39, 0.29) is 12.0 Å². The van der Waals surface area contributed by atoms with Crippen molar-refractivity contribution in [2.45, 2.75) is 39.2 Å². The zero-order valence-electron chi connectivity index (χ0n) is 18.3. The van der Waals surface area contributed by atoms with E-state index in [1.807, 2.05) is 30.0 Å². The van der Waals surface area contributed by atoms with Gasteiger partial charge in [-0.15, -0.1) is 0 Å². The van der Waals surface area contributed by atoms with E-state index in [2.05, 4.69) is 4.98 Å². The fourth-order valence-corrected chi connectivity index (χ4v) is 4.18. The quantitative estimate of drug-likeness (QED) is 0.550. The molecular formula is C25H24FN3O4. The van der Waals surface area contributed by atoms with Crippen LogP contribution in [0.5, 0.6) is 5.75 Å². The summed E-state index contributed by atoms with van der Waals surface area (Å²) in [5, 5.41) is 18.2. The number of fused-ring (bicyclic) bond motifs is 1. The monoisotopic (exact) mass is 449 g/mol. The zero-order valence-corrected chi connectivity index (χ0v) is 18.3. The minimum absolute atomic E-state index is 0.0172. The predicted octanol–water partition coefficient (Wildman–Crippen LogP) is 4.20. The summed E-state index contributed by atoms with van der Waals surface area (Å²) in [6, 6.07) is 10.2. The Hall–Kier alpha value is -3.86. The van der Waals surface area contributed by atoms with Crippen molar-refractivity contribution in [3.05, 3.63) is 76.3 Å². The first-order valence-electron chi connectivity index (χ1n) is 10.8. The Morgan fingerprint density at radius 3 is 2.85 bits per heavy atom. The molecule has 0 atom stereocenters. The first-order valence-corrected chi connectivity index (χ1v) is 10.8. The summed E-state index contributed by atoms with van der Waals surface area (Å²) in [5.41, 5.74) is 4.47. The molecule has 8 heteroatoms. The van der Waals surface area contributed by atoms with Crippen LogP contribution in [0.3, 0.4) is 0 Å². The number of carboxylic acid groups (broad SMARTS) is 1. The maximum atomic E-state index is 14.7. The number of aromatic nitrogens is 1. The van der Waals surface area contributed by atoms with Crippen LogP contribution in [0.15, 0.2) is 41.1 Å². The van der Waals surface area contributed by atoms with E-state index in [1.165, 1.54) is 12.5 Å². The number of anilines is 1. The minimum Gasteiger partial charge on any atom is -0.493 e. The topological polar surface area (TPSA) is 99.6 Å². The van der Waals surface area contributed by atoms with E-state index in [0.717, 1.165) is 33.9 Å². The number of aryl methyl sites for hydroxylation is 2. The lowest BCUT2D eigenvalue weighted by atomic mass is 9.91. The van der Waals surface area contributed by atoms with Crippen molar-refractivity contribution in [3.63, 3.8) is 0 Å². The molecular weight excluding hydrogens is 425 g/mol. The molecule has 33 heavy (non-hydrogen) atoms. The van der Waals surface area contributed by atoms with Crippen molar-refractivity contribution >= 4 is 11.7 Å². The van der Waals surface area contributed by atoms with Crippen molar-refractivity contribution in [2.75, 3.05) is 18.1 Å². The van der Waals surface area contributed by atoms with Crippen LogP contribution in [0, 0.1) is 24.1 Å². The average Bonchev–Trinajstić information content (AvgIpc) is 3.22. The number of carboxylic acids is 1. The summed E-state index contributed by atoms with van der Waals surface area (Å²) in [5.74, 6) is 0.215. The molecule has 0 unspecified atom stereocenters. The molecule has 1 N–H and O–H groups in total. The molecule has 0 amide bonds. The Labute approximate surface area is 191 Å². The number of nitriles is 1. The number of rotatable bonds is 8. The highest BCUT2D eigenvalue weighted by Crippen LogP contribution is 2.34. The van der Waals surface area contributed by atoms with E-state index in [4.69, 9.17) is 19.5 Å². The SMILES string of the molecule is Cc1ocnc1CCOc1ccc(CCC(=O)O)c2c1CCN(c1ccc(C#N)cc1F)C2. The molecule has 0 aliphatic carbocycles. The van der Waals surface area contributed by atoms with Gasteiger partial charge in [0.2, 0.25) is 0 Å². The van der Waals surface area contributed by atoms with Gasteiger partial charge in [-0.25, -0.2) is 9.37 Å². The Morgan fingerprint density at radius 2 is 2.15 bits per heavy atom. The highest BCUT2D eigenvalue weighted by molar-refractivity contribution is 5.67. The number of aliphatic carboxylic acids is 1. The number of nitrogens with zero attached hydrogens (tertiary/aromatic N) is 3. The van der Waals surface area contributed by atoms with Gasteiger partial charge in [0.25, 0.3) is 0 Å². The van der Waals surface area contributed by atoms with E-state index in [9.17, 15) is 9.18 Å². The highest BCUT2D eigenvalue weighted by Gasteiger charge is 2.25. The maximum absolute atomic E-state index is 14.7. The summed E-state index contributed by atoms with van der Waals surface area (Å²) in [6.45, 7) is 3.31. The van der Waals surface area contributed by atoms with Gasteiger partial charge in [0, 0.05) is 31.5 Å². The molecule has 0 bridgehead atoms. The zero-order chi connectivity index (χ0) is 23.4. The number of benzene rings is 2. The van der Waals surface area contributed by atoms with Crippen LogP contribution in [0.1, 0.15) is 40.1 Å². The third-order valence-electron chi connectivity index (χ3n) is 5.93. The lowest BCUT2D eigenvalue weighted by Gasteiger charge is -2.33. The second-order valence-electron chi connectivity index (χ2n) is 7.98. The van der Waals surface area contributed by atoms with E-state index in [1.54, 1.807) is 12.1 Å². The Balaban J connectivity index is 1.58. The molecule has 1 aliphatic heterocycles. The Bertz CT molecular complexity index is 1210. The molecule has 1 aliphatic rings. The smallest absolute Gasteiger partial charge is 0.303 e. The van der Waals surface area contributed by atoms with Crippen LogP contribution in [-0.2, 0) is 30.6 Å². The number of ether oxygens (including phenoxy) is 1. The van der Waals surface area contributed by atoms with E-state index in [0.29, 0.717) is 44.6 Å². The molecule has 0 saturated heterocycles. The number of hydrogen-bond donors (Lipinski definition) is 1. The molecule has 2 heterocycles. The summed E-state index contributed by atoms with van der Waals surface area (Å²) in [7, 11) is 0. The van der Waals surface area contributed by atoms with Gasteiger partial charge in [0.05, 0.1) is 29.6 Å². The van der Waals surface area contributed by atoms with Gasteiger partial charge in [0.1, 0.15) is 17.3 Å². The van der Waals surface area contributed by atoms with Gasteiger partial charge < -0.3 is 19.2 Å². The maximum Gasteiger partial charge on any atom is 0.303 e. The highest BCUT2D eigenvalue weighted by atomic mass is 19.1.